The zero-order valence-corrected chi connectivity index (χ0v) is 17.8. The molecule has 1 atom stereocenters. The van der Waals surface area contributed by atoms with Crippen LogP contribution in [0.2, 0.25) is 0 Å². The Morgan fingerprint density at radius 3 is 2.66 bits per heavy atom. The van der Waals surface area contributed by atoms with Crippen molar-refractivity contribution in [2.24, 2.45) is 0 Å². The second kappa shape index (κ2) is 10.2. The lowest BCUT2D eigenvalue weighted by atomic mass is 10.1. The highest BCUT2D eigenvalue weighted by Gasteiger charge is 2.20. The number of hydrogen-bond donors (Lipinski definition) is 1. The summed E-state index contributed by atoms with van der Waals surface area (Å²) in [5.74, 6) is 0.225. The van der Waals surface area contributed by atoms with Crippen LogP contribution in [-0.4, -0.2) is 24.0 Å². The van der Waals surface area contributed by atoms with Gasteiger partial charge in [-0.2, -0.15) is 0 Å². The maximum absolute atomic E-state index is 12.5. The number of hydrogen-bond acceptors (Lipinski definition) is 7. The van der Waals surface area contributed by atoms with E-state index in [9.17, 15) is 9.59 Å². The van der Waals surface area contributed by atoms with Gasteiger partial charge in [0.1, 0.15) is 17.4 Å². The molecule has 29 heavy (non-hydrogen) atoms. The Balaban J connectivity index is 1.54. The highest BCUT2D eigenvalue weighted by Crippen LogP contribution is 2.23. The van der Waals surface area contributed by atoms with Crippen molar-refractivity contribution in [3.05, 3.63) is 68.3 Å². The number of aryl methyl sites for hydroxylation is 1. The summed E-state index contributed by atoms with van der Waals surface area (Å²) in [6.07, 6.45) is 0.236. The molecule has 1 N–H and O–H groups in total. The third-order valence-electron chi connectivity index (χ3n) is 4.14. The first-order valence-corrected chi connectivity index (χ1v) is 10.8. The molecule has 3 rings (SSSR count). The third kappa shape index (κ3) is 6.40. The molecule has 0 saturated carbocycles. The van der Waals surface area contributed by atoms with Crippen molar-refractivity contribution in [3.63, 3.8) is 0 Å². The van der Waals surface area contributed by atoms with Crippen molar-refractivity contribution in [3.8, 4) is 5.75 Å². The molecule has 2 heterocycles. The number of carbonyl (C=O) groups excluding carboxylic acids is 2. The summed E-state index contributed by atoms with van der Waals surface area (Å²) >= 11 is 2.95. The van der Waals surface area contributed by atoms with E-state index in [4.69, 9.17) is 9.47 Å². The summed E-state index contributed by atoms with van der Waals surface area (Å²) in [5.41, 5.74) is 1.85. The molecule has 0 aliphatic carbocycles. The first-order valence-electron chi connectivity index (χ1n) is 9.06. The van der Waals surface area contributed by atoms with Gasteiger partial charge in [0.15, 0.2) is 0 Å². The second-order valence-electron chi connectivity index (χ2n) is 6.43. The van der Waals surface area contributed by atoms with Gasteiger partial charge in [0, 0.05) is 10.3 Å². The van der Waals surface area contributed by atoms with Crippen molar-refractivity contribution in [2.45, 2.75) is 32.4 Å². The van der Waals surface area contributed by atoms with Gasteiger partial charge < -0.3 is 14.8 Å². The Morgan fingerprint density at radius 1 is 1.17 bits per heavy atom. The standard InChI is InChI=1S/C21H22N2O4S2/c1-14-5-7-16(8-6-14)27-12-20-22-15(13-29-20)10-19(24)23-17(11-21(25)26-2)18-4-3-9-28-18/h3-9,13,17H,10-12H2,1-2H3,(H,23,24). The maximum Gasteiger partial charge on any atom is 0.307 e. The topological polar surface area (TPSA) is 77.5 Å². The number of aromatic nitrogens is 1. The highest BCUT2D eigenvalue weighted by atomic mass is 32.1. The number of nitrogens with one attached hydrogen (secondary N) is 1. The summed E-state index contributed by atoms with van der Waals surface area (Å²) in [5, 5.41) is 7.48. The molecule has 0 radical (unpaired) electrons. The van der Waals surface area contributed by atoms with Gasteiger partial charge in [-0.05, 0) is 30.5 Å². The molecule has 0 saturated heterocycles. The van der Waals surface area contributed by atoms with Crippen LogP contribution in [0.15, 0.2) is 47.2 Å². The normalized spacial score (nSPS) is 11.7. The van der Waals surface area contributed by atoms with E-state index in [2.05, 4.69) is 10.3 Å². The van der Waals surface area contributed by atoms with E-state index < -0.39 is 6.04 Å². The van der Waals surface area contributed by atoms with Gasteiger partial charge in [0.05, 0.1) is 31.7 Å². The highest BCUT2D eigenvalue weighted by molar-refractivity contribution is 7.10. The van der Waals surface area contributed by atoms with Crippen LogP contribution in [0.1, 0.15) is 33.6 Å². The number of thiazole rings is 1. The summed E-state index contributed by atoms with van der Waals surface area (Å²) < 4.78 is 10.5. The predicted molar refractivity (Wildman–Crippen MR) is 113 cm³/mol. The van der Waals surface area contributed by atoms with Crippen LogP contribution in [-0.2, 0) is 27.4 Å². The number of carbonyl (C=O) groups is 2. The van der Waals surface area contributed by atoms with Crippen LogP contribution in [0.3, 0.4) is 0 Å². The second-order valence-corrected chi connectivity index (χ2v) is 8.35. The van der Waals surface area contributed by atoms with Gasteiger partial charge in [-0.3, -0.25) is 9.59 Å². The minimum atomic E-state index is -0.405. The molecular weight excluding hydrogens is 408 g/mol. The van der Waals surface area contributed by atoms with Gasteiger partial charge in [0.25, 0.3) is 0 Å². The van der Waals surface area contributed by atoms with Crippen molar-refractivity contribution in [2.75, 3.05) is 7.11 Å². The van der Waals surface area contributed by atoms with Crippen molar-refractivity contribution >= 4 is 34.6 Å². The number of esters is 1. The first-order chi connectivity index (χ1) is 14.0. The van der Waals surface area contributed by atoms with Crippen LogP contribution >= 0.6 is 22.7 Å². The molecule has 3 aromatic rings. The van der Waals surface area contributed by atoms with Gasteiger partial charge in [0.2, 0.25) is 5.91 Å². The van der Waals surface area contributed by atoms with E-state index in [1.54, 1.807) is 0 Å². The smallest absolute Gasteiger partial charge is 0.307 e. The van der Waals surface area contributed by atoms with E-state index in [0.29, 0.717) is 12.3 Å². The molecule has 1 amide bonds. The van der Waals surface area contributed by atoms with Gasteiger partial charge in [-0.15, -0.1) is 22.7 Å². The minimum absolute atomic E-state index is 0.0927. The number of ether oxygens (including phenoxy) is 2. The molecule has 0 aliphatic rings. The molecule has 0 bridgehead atoms. The van der Waals surface area contributed by atoms with Crippen molar-refractivity contribution in [1.29, 1.82) is 0 Å². The Morgan fingerprint density at radius 2 is 1.97 bits per heavy atom. The largest absolute Gasteiger partial charge is 0.486 e. The van der Waals surface area contributed by atoms with E-state index in [1.807, 2.05) is 54.1 Å². The number of benzene rings is 1. The van der Waals surface area contributed by atoms with Gasteiger partial charge in [-0.1, -0.05) is 23.8 Å². The summed E-state index contributed by atoms with van der Waals surface area (Å²) in [7, 11) is 1.34. The fourth-order valence-corrected chi connectivity index (χ4v) is 4.13. The molecule has 8 heteroatoms. The van der Waals surface area contributed by atoms with E-state index in [0.717, 1.165) is 15.6 Å². The predicted octanol–water partition coefficient (Wildman–Crippen LogP) is 4.06. The molecule has 1 aromatic carbocycles. The van der Waals surface area contributed by atoms with E-state index >= 15 is 0 Å². The Bertz CT molecular complexity index is 936. The fraction of sp³-hybridized carbons (Fsp3) is 0.286. The lowest BCUT2D eigenvalue weighted by Crippen LogP contribution is -2.31. The lowest BCUT2D eigenvalue weighted by Gasteiger charge is -2.16. The van der Waals surface area contributed by atoms with Crippen LogP contribution < -0.4 is 10.1 Å². The zero-order chi connectivity index (χ0) is 20.6. The SMILES string of the molecule is COC(=O)CC(NC(=O)Cc1csc(COc2ccc(C)cc2)n1)c1cccs1. The van der Waals surface area contributed by atoms with E-state index in [1.165, 1.54) is 35.3 Å². The average Bonchev–Trinajstić information content (AvgIpc) is 3.39. The number of rotatable bonds is 9. The summed E-state index contributed by atoms with van der Waals surface area (Å²) in [6, 6.07) is 11.2. The van der Waals surface area contributed by atoms with Crippen LogP contribution in [0.5, 0.6) is 5.75 Å². The molecule has 152 valence electrons. The van der Waals surface area contributed by atoms with Crippen molar-refractivity contribution < 1.29 is 19.1 Å². The number of amides is 1. The summed E-state index contributed by atoms with van der Waals surface area (Å²) in [4.78, 5) is 29.5. The Kier molecular flexibility index (Phi) is 7.37. The molecule has 0 spiro atoms. The van der Waals surface area contributed by atoms with Crippen LogP contribution in [0, 0.1) is 6.92 Å². The average molecular weight is 431 g/mol. The lowest BCUT2D eigenvalue weighted by molar-refractivity contribution is -0.141. The van der Waals surface area contributed by atoms with Crippen LogP contribution in [0.25, 0.3) is 0 Å². The molecule has 2 aromatic heterocycles. The number of thiophene rings is 1. The van der Waals surface area contributed by atoms with Gasteiger partial charge >= 0.3 is 5.97 Å². The van der Waals surface area contributed by atoms with Crippen molar-refractivity contribution in [1.82, 2.24) is 10.3 Å². The quantitative estimate of drug-likeness (QED) is 0.518. The minimum Gasteiger partial charge on any atom is -0.486 e. The van der Waals surface area contributed by atoms with E-state index in [-0.39, 0.29) is 24.7 Å². The Labute approximate surface area is 177 Å². The third-order valence-corrected chi connectivity index (χ3v) is 6.00. The zero-order valence-electron chi connectivity index (χ0n) is 16.2. The fourth-order valence-electron chi connectivity index (χ4n) is 2.65. The van der Waals surface area contributed by atoms with Crippen LogP contribution in [0.4, 0.5) is 0 Å². The molecular formula is C21H22N2O4S2. The Hall–Kier alpha value is -2.71. The summed E-state index contributed by atoms with van der Waals surface area (Å²) in [6.45, 7) is 2.38. The molecule has 0 fully saturated rings. The first kappa shape index (κ1) is 21.0. The monoisotopic (exact) mass is 430 g/mol. The van der Waals surface area contributed by atoms with Gasteiger partial charge in [-0.25, -0.2) is 4.98 Å². The molecule has 0 aliphatic heterocycles. The number of methoxy groups -OCH3 is 1. The number of nitrogens with zero attached hydrogens (tertiary/aromatic N) is 1. The maximum atomic E-state index is 12.5. The molecule has 1 unspecified atom stereocenters. The molecule has 6 nitrogen and oxygen atoms in total.